The number of benzene rings is 1. The summed E-state index contributed by atoms with van der Waals surface area (Å²) in [5, 5.41) is 4.76. The van der Waals surface area contributed by atoms with Gasteiger partial charge < -0.3 is 5.32 Å². The minimum absolute atomic E-state index is 0.451. The Hall–Kier alpha value is -1.45. The Morgan fingerprint density at radius 3 is 3.06 bits per heavy atom. The SMILES string of the molecule is Cc1ccc2c(C3CNCCN3C)ccnc2c1. The summed E-state index contributed by atoms with van der Waals surface area (Å²) in [6.45, 7) is 5.31. The van der Waals surface area contributed by atoms with E-state index in [2.05, 4.69) is 53.4 Å². The molecule has 1 aromatic carbocycles. The third-order valence-electron chi connectivity index (χ3n) is 3.80. The molecule has 1 aliphatic rings. The molecule has 1 saturated heterocycles. The fraction of sp³-hybridized carbons (Fsp3) is 0.400. The fourth-order valence-electron chi connectivity index (χ4n) is 2.72. The van der Waals surface area contributed by atoms with E-state index >= 15 is 0 Å². The van der Waals surface area contributed by atoms with E-state index in [0.717, 1.165) is 25.2 Å². The highest BCUT2D eigenvalue weighted by atomic mass is 15.2. The van der Waals surface area contributed by atoms with Gasteiger partial charge in [0.25, 0.3) is 0 Å². The molecule has 0 aliphatic carbocycles. The Bertz CT molecular complexity index is 565. The molecule has 1 aliphatic heterocycles. The zero-order valence-corrected chi connectivity index (χ0v) is 11.0. The number of hydrogen-bond donors (Lipinski definition) is 1. The number of aromatic nitrogens is 1. The van der Waals surface area contributed by atoms with Crippen LogP contribution in [-0.2, 0) is 0 Å². The lowest BCUT2D eigenvalue weighted by molar-refractivity contribution is 0.203. The van der Waals surface area contributed by atoms with Crippen LogP contribution in [-0.4, -0.2) is 36.6 Å². The molecule has 0 bridgehead atoms. The summed E-state index contributed by atoms with van der Waals surface area (Å²) in [6, 6.07) is 9.15. The van der Waals surface area contributed by atoms with Crippen molar-refractivity contribution in [1.82, 2.24) is 15.2 Å². The Balaban J connectivity index is 2.10. The van der Waals surface area contributed by atoms with Crippen LogP contribution >= 0.6 is 0 Å². The van der Waals surface area contributed by atoms with Crippen molar-refractivity contribution in [2.75, 3.05) is 26.7 Å². The summed E-state index contributed by atoms with van der Waals surface area (Å²) in [5.41, 5.74) is 3.75. The number of fused-ring (bicyclic) bond motifs is 1. The predicted molar refractivity (Wildman–Crippen MR) is 74.7 cm³/mol. The maximum absolute atomic E-state index is 4.48. The van der Waals surface area contributed by atoms with Gasteiger partial charge >= 0.3 is 0 Å². The van der Waals surface area contributed by atoms with Crippen molar-refractivity contribution in [3.05, 3.63) is 41.6 Å². The molecule has 3 heteroatoms. The van der Waals surface area contributed by atoms with E-state index < -0.39 is 0 Å². The number of hydrogen-bond acceptors (Lipinski definition) is 3. The highest BCUT2D eigenvalue weighted by molar-refractivity contribution is 5.83. The largest absolute Gasteiger partial charge is 0.314 e. The topological polar surface area (TPSA) is 28.2 Å². The second-order valence-electron chi connectivity index (χ2n) is 5.12. The molecule has 1 unspecified atom stereocenters. The zero-order valence-electron chi connectivity index (χ0n) is 11.0. The molecule has 2 aromatic rings. The van der Waals surface area contributed by atoms with Gasteiger partial charge in [-0.25, -0.2) is 0 Å². The van der Waals surface area contributed by atoms with Crippen LogP contribution in [0.3, 0.4) is 0 Å². The molecule has 1 aromatic heterocycles. The predicted octanol–water partition coefficient (Wildman–Crippen LogP) is 2.12. The highest BCUT2D eigenvalue weighted by Gasteiger charge is 2.21. The van der Waals surface area contributed by atoms with E-state index in [1.807, 2.05) is 6.20 Å². The van der Waals surface area contributed by atoms with Gasteiger partial charge in [-0.1, -0.05) is 12.1 Å². The van der Waals surface area contributed by atoms with Crippen molar-refractivity contribution in [3.8, 4) is 0 Å². The molecule has 18 heavy (non-hydrogen) atoms. The maximum Gasteiger partial charge on any atom is 0.0707 e. The molecule has 1 N–H and O–H groups in total. The second kappa shape index (κ2) is 4.67. The third kappa shape index (κ3) is 2.00. The lowest BCUT2D eigenvalue weighted by Gasteiger charge is -2.34. The molecule has 3 nitrogen and oxygen atoms in total. The van der Waals surface area contributed by atoms with Gasteiger partial charge in [-0.2, -0.15) is 0 Å². The van der Waals surface area contributed by atoms with Crippen LogP contribution in [0.1, 0.15) is 17.2 Å². The average molecular weight is 241 g/mol. The van der Waals surface area contributed by atoms with Gasteiger partial charge in [-0.05, 0) is 37.2 Å². The van der Waals surface area contributed by atoms with Crippen LogP contribution in [0.5, 0.6) is 0 Å². The van der Waals surface area contributed by atoms with Crippen molar-refractivity contribution < 1.29 is 0 Å². The first-order valence-corrected chi connectivity index (χ1v) is 6.52. The number of aryl methyl sites for hydroxylation is 1. The first-order chi connectivity index (χ1) is 8.75. The van der Waals surface area contributed by atoms with Crippen LogP contribution in [0.25, 0.3) is 10.9 Å². The van der Waals surface area contributed by atoms with Gasteiger partial charge in [0.2, 0.25) is 0 Å². The summed E-state index contributed by atoms with van der Waals surface area (Å²) in [5.74, 6) is 0. The third-order valence-corrected chi connectivity index (χ3v) is 3.80. The molecule has 1 atom stereocenters. The summed E-state index contributed by atoms with van der Waals surface area (Å²) in [4.78, 5) is 6.91. The minimum Gasteiger partial charge on any atom is -0.314 e. The average Bonchev–Trinajstić information content (AvgIpc) is 2.38. The van der Waals surface area contributed by atoms with Crippen molar-refractivity contribution in [3.63, 3.8) is 0 Å². The van der Waals surface area contributed by atoms with E-state index in [0.29, 0.717) is 6.04 Å². The Labute approximate surface area is 108 Å². The summed E-state index contributed by atoms with van der Waals surface area (Å²) >= 11 is 0. The molecule has 1 fully saturated rings. The summed E-state index contributed by atoms with van der Waals surface area (Å²) in [7, 11) is 2.20. The van der Waals surface area contributed by atoms with Crippen LogP contribution in [0.4, 0.5) is 0 Å². The maximum atomic E-state index is 4.48. The van der Waals surface area contributed by atoms with Crippen molar-refractivity contribution in [2.45, 2.75) is 13.0 Å². The zero-order chi connectivity index (χ0) is 12.5. The molecule has 0 radical (unpaired) electrons. The van der Waals surface area contributed by atoms with Crippen LogP contribution in [0.15, 0.2) is 30.5 Å². The monoisotopic (exact) mass is 241 g/mol. The number of piperazine rings is 1. The molecule has 0 saturated carbocycles. The van der Waals surface area contributed by atoms with Gasteiger partial charge in [0.1, 0.15) is 0 Å². The number of nitrogens with zero attached hydrogens (tertiary/aromatic N) is 2. The van der Waals surface area contributed by atoms with E-state index in [9.17, 15) is 0 Å². The van der Waals surface area contributed by atoms with Gasteiger partial charge in [0.15, 0.2) is 0 Å². The Kier molecular flexibility index (Phi) is 3.02. The molecule has 3 rings (SSSR count). The van der Waals surface area contributed by atoms with Gasteiger partial charge in [0, 0.05) is 37.3 Å². The molecule has 2 heterocycles. The molecule has 0 amide bonds. The van der Waals surface area contributed by atoms with E-state index in [4.69, 9.17) is 0 Å². The van der Waals surface area contributed by atoms with Crippen molar-refractivity contribution in [1.29, 1.82) is 0 Å². The quantitative estimate of drug-likeness (QED) is 0.829. The van der Waals surface area contributed by atoms with Crippen molar-refractivity contribution >= 4 is 10.9 Å². The Morgan fingerprint density at radius 2 is 2.22 bits per heavy atom. The van der Waals surface area contributed by atoms with Gasteiger partial charge in [-0.15, -0.1) is 0 Å². The smallest absolute Gasteiger partial charge is 0.0707 e. The van der Waals surface area contributed by atoms with Crippen LogP contribution < -0.4 is 5.32 Å². The molecular weight excluding hydrogens is 222 g/mol. The lowest BCUT2D eigenvalue weighted by Crippen LogP contribution is -2.43. The standard InChI is InChI=1S/C15H19N3/c1-11-3-4-12-13(5-6-17-14(12)9-11)15-10-16-7-8-18(15)2/h3-6,9,15-16H,7-8,10H2,1-2H3. The number of nitrogens with one attached hydrogen (secondary N) is 1. The highest BCUT2D eigenvalue weighted by Crippen LogP contribution is 2.27. The first-order valence-electron chi connectivity index (χ1n) is 6.52. The van der Waals surface area contributed by atoms with E-state index in [1.54, 1.807) is 0 Å². The first kappa shape index (κ1) is 11.6. The summed E-state index contributed by atoms with van der Waals surface area (Å²) in [6.07, 6.45) is 1.93. The van der Waals surface area contributed by atoms with Crippen molar-refractivity contribution in [2.24, 2.45) is 0 Å². The number of rotatable bonds is 1. The lowest BCUT2D eigenvalue weighted by atomic mass is 9.99. The second-order valence-corrected chi connectivity index (χ2v) is 5.12. The number of pyridine rings is 1. The van der Waals surface area contributed by atoms with Gasteiger partial charge in [-0.3, -0.25) is 9.88 Å². The minimum atomic E-state index is 0.451. The Morgan fingerprint density at radius 1 is 1.33 bits per heavy atom. The molecule has 0 spiro atoms. The number of likely N-dealkylation sites (N-methyl/N-ethyl adjacent to an activating group) is 1. The fourth-order valence-corrected chi connectivity index (χ4v) is 2.72. The van der Waals surface area contributed by atoms with Crippen LogP contribution in [0.2, 0.25) is 0 Å². The summed E-state index contributed by atoms with van der Waals surface area (Å²) < 4.78 is 0. The normalized spacial score (nSPS) is 21.3. The molecule has 94 valence electrons. The van der Waals surface area contributed by atoms with E-state index in [-0.39, 0.29) is 0 Å². The van der Waals surface area contributed by atoms with Gasteiger partial charge in [0.05, 0.1) is 5.52 Å². The van der Waals surface area contributed by atoms with E-state index in [1.165, 1.54) is 16.5 Å². The van der Waals surface area contributed by atoms with Crippen LogP contribution in [0, 0.1) is 6.92 Å². The molecular formula is C15H19N3.